The molecular formula is C14H19F3O2S. The van der Waals surface area contributed by atoms with Crippen LogP contribution in [0.3, 0.4) is 0 Å². The average molecular weight is 308 g/mol. The zero-order valence-electron chi connectivity index (χ0n) is 11.2. The van der Waals surface area contributed by atoms with Gasteiger partial charge in [0, 0.05) is 6.42 Å². The van der Waals surface area contributed by atoms with Crippen molar-refractivity contribution in [3.05, 3.63) is 30.3 Å². The maximum atomic E-state index is 11.9. The van der Waals surface area contributed by atoms with Crippen LogP contribution in [-0.2, 0) is 9.84 Å². The summed E-state index contributed by atoms with van der Waals surface area (Å²) in [6.45, 7) is 0. The Morgan fingerprint density at radius 3 is 2.00 bits per heavy atom. The van der Waals surface area contributed by atoms with Crippen molar-refractivity contribution in [2.75, 3.05) is 5.75 Å². The molecule has 0 aliphatic carbocycles. The molecule has 20 heavy (non-hydrogen) atoms. The Balaban J connectivity index is 2.19. The number of hydrogen-bond donors (Lipinski definition) is 0. The van der Waals surface area contributed by atoms with Gasteiger partial charge in [0.1, 0.15) is 0 Å². The van der Waals surface area contributed by atoms with Gasteiger partial charge in [-0.1, -0.05) is 37.5 Å². The highest BCUT2D eigenvalue weighted by molar-refractivity contribution is 7.91. The first-order valence-electron chi connectivity index (χ1n) is 6.66. The second-order valence-electron chi connectivity index (χ2n) is 4.76. The molecule has 0 spiro atoms. The predicted molar refractivity (Wildman–Crippen MR) is 72.3 cm³/mol. The average Bonchev–Trinajstić information content (AvgIpc) is 2.37. The van der Waals surface area contributed by atoms with Crippen LogP contribution >= 0.6 is 0 Å². The predicted octanol–water partition coefficient (Wildman–Crippen LogP) is 4.36. The number of alkyl halides is 3. The molecule has 0 N–H and O–H groups in total. The van der Waals surface area contributed by atoms with Gasteiger partial charge in [0.05, 0.1) is 10.6 Å². The fraction of sp³-hybridized carbons (Fsp3) is 0.571. The van der Waals surface area contributed by atoms with Gasteiger partial charge in [0.15, 0.2) is 9.84 Å². The number of halogens is 3. The molecular weight excluding hydrogens is 289 g/mol. The van der Waals surface area contributed by atoms with Gasteiger partial charge in [0.2, 0.25) is 0 Å². The molecule has 0 atom stereocenters. The zero-order valence-corrected chi connectivity index (χ0v) is 12.0. The van der Waals surface area contributed by atoms with Crippen molar-refractivity contribution < 1.29 is 21.6 Å². The largest absolute Gasteiger partial charge is 0.389 e. The van der Waals surface area contributed by atoms with Crippen LogP contribution in [-0.4, -0.2) is 20.3 Å². The van der Waals surface area contributed by atoms with Crippen molar-refractivity contribution in [3.63, 3.8) is 0 Å². The molecule has 0 aliphatic heterocycles. The molecule has 0 amide bonds. The van der Waals surface area contributed by atoms with E-state index in [0.717, 1.165) is 0 Å². The van der Waals surface area contributed by atoms with Crippen LogP contribution in [0, 0.1) is 0 Å². The molecule has 0 saturated heterocycles. The van der Waals surface area contributed by atoms with Gasteiger partial charge in [-0.2, -0.15) is 13.2 Å². The van der Waals surface area contributed by atoms with E-state index < -0.39 is 22.4 Å². The zero-order chi connectivity index (χ0) is 15.1. The molecule has 6 heteroatoms. The Hall–Kier alpha value is -1.04. The summed E-state index contributed by atoms with van der Waals surface area (Å²) in [5.41, 5.74) is 0. The molecule has 0 fully saturated rings. The number of benzene rings is 1. The van der Waals surface area contributed by atoms with Crippen molar-refractivity contribution >= 4 is 9.84 Å². The van der Waals surface area contributed by atoms with Crippen LogP contribution in [0.15, 0.2) is 35.2 Å². The van der Waals surface area contributed by atoms with E-state index in [1.54, 1.807) is 30.3 Å². The second-order valence-corrected chi connectivity index (χ2v) is 6.87. The fourth-order valence-electron chi connectivity index (χ4n) is 1.89. The van der Waals surface area contributed by atoms with Gasteiger partial charge >= 0.3 is 6.18 Å². The van der Waals surface area contributed by atoms with Gasteiger partial charge in [0.25, 0.3) is 0 Å². The fourth-order valence-corrected chi connectivity index (χ4v) is 3.29. The van der Waals surface area contributed by atoms with Gasteiger partial charge < -0.3 is 0 Å². The Labute approximate surface area is 117 Å². The first-order chi connectivity index (χ1) is 9.31. The van der Waals surface area contributed by atoms with E-state index in [1.807, 2.05) is 0 Å². The first-order valence-corrected chi connectivity index (χ1v) is 8.31. The molecule has 0 aromatic heterocycles. The molecule has 0 aliphatic rings. The Morgan fingerprint density at radius 2 is 1.40 bits per heavy atom. The highest BCUT2D eigenvalue weighted by Gasteiger charge is 2.25. The third kappa shape index (κ3) is 6.93. The van der Waals surface area contributed by atoms with Crippen LogP contribution < -0.4 is 0 Å². The van der Waals surface area contributed by atoms with Crippen LogP contribution in [0.1, 0.15) is 38.5 Å². The normalized spacial score (nSPS) is 12.6. The number of rotatable bonds is 8. The standard InChI is InChI=1S/C14H19F3O2S/c15-14(16,17)11-7-2-1-3-8-12-20(18,19)13-9-5-4-6-10-13/h4-6,9-10H,1-3,7-8,11-12H2. The molecule has 2 nitrogen and oxygen atoms in total. The third-order valence-electron chi connectivity index (χ3n) is 2.98. The summed E-state index contributed by atoms with van der Waals surface area (Å²) in [6, 6.07) is 8.20. The van der Waals surface area contributed by atoms with Crippen LogP contribution in [0.25, 0.3) is 0 Å². The van der Waals surface area contributed by atoms with E-state index in [-0.39, 0.29) is 12.2 Å². The summed E-state index contributed by atoms with van der Waals surface area (Å²) < 4.78 is 59.5. The van der Waals surface area contributed by atoms with E-state index in [2.05, 4.69) is 0 Å². The lowest BCUT2D eigenvalue weighted by Crippen LogP contribution is -2.07. The monoisotopic (exact) mass is 308 g/mol. The Bertz CT molecular complexity index is 481. The summed E-state index contributed by atoms with van der Waals surface area (Å²) in [6.07, 6.45) is -2.46. The van der Waals surface area contributed by atoms with E-state index >= 15 is 0 Å². The van der Waals surface area contributed by atoms with Gasteiger partial charge in [-0.3, -0.25) is 0 Å². The minimum atomic E-state index is -4.09. The van der Waals surface area contributed by atoms with Crippen molar-refractivity contribution in [1.29, 1.82) is 0 Å². The Kier molecular flexibility index (Phi) is 6.52. The molecule has 0 radical (unpaired) electrons. The smallest absolute Gasteiger partial charge is 0.224 e. The van der Waals surface area contributed by atoms with E-state index in [0.29, 0.717) is 30.6 Å². The van der Waals surface area contributed by atoms with Crippen molar-refractivity contribution in [3.8, 4) is 0 Å². The summed E-state index contributed by atoms with van der Waals surface area (Å²) in [5.74, 6) is 0.0519. The van der Waals surface area contributed by atoms with Gasteiger partial charge in [-0.15, -0.1) is 0 Å². The second kappa shape index (κ2) is 7.67. The van der Waals surface area contributed by atoms with Crippen LogP contribution in [0.5, 0.6) is 0 Å². The summed E-state index contributed by atoms with van der Waals surface area (Å²) in [4.78, 5) is 0.303. The van der Waals surface area contributed by atoms with E-state index in [1.165, 1.54) is 0 Å². The number of sulfone groups is 1. The van der Waals surface area contributed by atoms with Crippen LogP contribution in [0.4, 0.5) is 13.2 Å². The molecule has 1 aromatic rings. The van der Waals surface area contributed by atoms with Crippen molar-refractivity contribution in [2.24, 2.45) is 0 Å². The molecule has 0 saturated carbocycles. The SMILES string of the molecule is O=S(=O)(CCCCCCCC(F)(F)F)c1ccccc1. The molecule has 0 heterocycles. The topological polar surface area (TPSA) is 34.1 Å². The number of hydrogen-bond acceptors (Lipinski definition) is 2. The van der Waals surface area contributed by atoms with E-state index in [9.17, 15) is 21.6 Å². The quantitative estimate of drug-likeness (QED) is 0.669. The third-order valence-corrected chi connectivity index (χ3v) is 4.79. The van der Waals surface area contributed by atoms with Gasteiger partial charge in [-0.05, 0) is 25.0 Å². The van der Waals surface area contributed by atoms with Crippen molar-refractivity contribution in [1.82, 2.24) is 0 Å². The summed E-state index contributed by atoms with van der Waals surface area (Å²) in [7, 11) is -3.26. The molecule has 0 bridgehead atoms. The van der Waals surface area contributed by atoms with Crippen molar-refractivity contribution in [2.45, 2.75) is 49.6 Å². The minimum absolute atomic E-state index is 0.0519. The minimum Gasteiger partial charge on any atom is -0.224 e. The lowest BCUT2D eigenvalue weighted by atomic mass is 10.1. The maximum absolute atomic E-state index is 11.9. The molecule has 0 unspecified atom stereocenters. The first kappa shape index (κ1) is 17.0. The summed E-state index contributed by atoms with van der Waals surface area (Å²) >= 11 is 0. The lowest BCUT2D eigenvalue weighted by molar-refractivity contribution is -0.135. The van der Waals surface area contributed by atoms with Crippen LogP contribution in [0.2, 0.25) is 0 Å². The number of unbranched alkanes of at least 4 members (excludes halogenated alkanes) is 4. The van der Waals surface area contributed by atoms with Gasteiger partial charge in [-0.25, -0.2) is 8.42 Å². The summed E-state index contributed by atoms with van der Waals surface area (Å²) in [5, 5.41) is 0. The van der Waals surface area contributed by atoms with E-state index in [4.69, 9.17) is 0 Å². The Morgan fingerprint density at radius 1 is 0.850 bits per heavy atom. The maximum Gasteiger partial charge on any atom is 0.389 e. The highest BCUT2D eigenvalue weighted by Crippen LogP contribution is 2.23. The highest BCUT2D eigenvalue weighted by atomic mass is 32.2. The lowest BCUT2D eigenvalue weighted by Gasteiger charge is -2.06. The molecule has 1 rings (SSSR count). The molecule has 114 valence electrons. The molecule has 1 aromatic carbocycles.